The molecule has 0 spiro atoms. The summed E-state index contributed by atoms with van der Waals surface area (Å²) in [6.07, 6.45) is 1.46. The lowest BCUT2D eigenvalue weighted by Crippen LogP contribution is -3.10. The average Bonchev–Trinajstić information content (AvgIpc) is 2.95. The third-order valence-corrected chi connectivity index (χ3v) is 4.00. The van der Waals surface area contributed by atoms with Crippen molar-refractivity contribution in [1.82, 2.24) is 0 Å². The first-order chi connectivity index (χ1) is 10.3. The number of likely N-dealkylation sites (N-methyl/N-ethyl adjacent to an activating group) is 1. The summed E-state index contributed by atoms with van der Waals surface area (Å²) < 4.78 is 16.6. The highest BCUT2D eigenvalue weighted by Crippen LogP contribution is 2.47. The Kier molecular flexibility index (Phi) is 3.91. The molecule has 2 atom stereocenters. The molecule has 0 saturated carbocycles. The zero-order chi connectivity index (χ0) is 14.8. The van der Waals surface area contributed by atoms with E-state index in [4.69, 9.17) is 19.3 Å². The lowest BCUT2D eigenvalue weighted by atomic mass is 9.91. The molecule has 3 rings (SSSR count). The maximum atomic E-state index is 8.91. The second-order valence-electron chi connectivity index (χ2n) is 5.29. The van der Waals surface area contributed by atoms with Crippen molar-refractivity contribution in [3.63, 3.8) is 0 Å². The van der Waals surface area contributed by atoms with Gasteiger partial charge in [-0.1, -0.05) is 5.92 Å². The minimum Gasteiger partial charge on any atom is -0.492 e. The Morgan fingerprint density at radius 3 is 3.10 bits per heavy atom. The number of rotatable bonds is 2. The number of ether oxygens (including phenoxy) is 3. The molecule has 112 valence electrons. The smallest absolute Gasteiger partial charge is 0.231 e. The van der Waals surface area contributed by atoms with Gasteiger partial charge >= 0.3 is 0 Å². The molecule has 0 fully saturated rings. The third-order valence-electron chi connectivity index (χ3n) is 4.00. The van der Waals surface area contributed by atoms with Crippen molar-refractivity contribution in [2.45, 2.75) is 18.9 Å². The van der Waals surface area contributed by atoms with Gasteiger partial charge in [-0.3, -0.25) is 0 Å². The quantitative estimate of drug-likeness (QED) is 0.748. The Balaban J connectivity index is 2.10. The fourth-order valence-corrected chi connectivity index (χ4v) is 2.95. The third kappa shape index (κ3) is 2.41. The molecule has 0 saturated heterocycles. The Bertz CT molecular complexity index is 603. The van der Waals surface area contributed by atoms with Gasteiger partial charge in [0.2, 0.25) is 12.5 Å². The molecule has 5 nitrogen and oxygen atoms in total. The maximum absolute atomic E-state index is 8.91. The molecule has 1 aromatic rings. The summed E-state index contributed by atoms with van der Waals surface area (Å²) in [6.45, 7) is 1.33. The molecular weight excluding hydrogens is 270 g/mol. The summed E-state index contributed by atoms with van der Waals surface area (Å²) in [5.74, 6) is 8.49. The fourth-order valence-electron chi connectivity index (χ4n) is 2.95. The maximum Gasteiger partial charge on any atom is 0.231 e. The van der Waals surface area contributed by atoms with Crippen molar-refractivity contribution in [1.29, 1.82) is 0 Å². The van der Waals surface area contributed by atoms with E-state index in [9.17, 15) is 0 Å². The monoisotopic (exact) mass is 290 g/mol. The van der Waals surface area contributed by atoms with Crippen LogP contribution in [0.4, 0.5) is 0 Å². The van der Waals surface area contributed by atoms with E-state index in [1.807, 2.05) is 6.07 Å². The molecule has 21 heavy (non-hydrogen) atoms. The predicted molar refractivity (Wildman–Crippen MR) is 76.8 cm³/mol. The normalized spacial score (nSPS) is 22.2. The van der Waals surface area contributed by atoms with E-state index < -0.39 is 0 Å². The number of nitrogens with one attached hydrogen (secondary N) is 1. The van der Waals surface area contributed by atoms with Gasteiger partial charge in [0.1, 0.15) is 0 Å². The lowest BCUT2D eigenvalue weighted by molar-refractivity contribution is -0.905. The van der Waals surface area contributed by atoms with Crippen LogP contribution in [0.15, 0.2) is 6.07 Å². The Hall–Kier alpha value is -1.90. The van der Waals surface area contributed by atoms with Crippen LogP contribution in [0.25, 0.3) is 0 Å². The number of methoxy groups -OCH3 is 1. The van der Waals surface area contributed by atoms with Gasteiger partial charge in [-0.2, -0.15) is 0 Å². The fraction of sp³-hybridized carbons (Fsp3) is 0.500. The van der Waals surface area contributed by atoms with Gasteiger partial charge in [0, 0.05) is 12.8 Å². The van der Waals surface area contributed by atoms with E-state index in [2.05, 4.69) is 18.9 Å². The number of fused-ring (bicyclic) bond motifs is 2. The minimum absolute atomic E-state index is 0.0322. The Morgan fingerprint density at radius 2 is 2.33 bits per heavy atom. The molecule has 1 unspecified atom stereocenters. The van der Waals surface area contributed by atoms with E-state index in [0.29, 0.717) is 12.2 Å². The van der Waals surface area contributed by atoms with Crippen molar-refractivity contribution >= 4 is 0 Å². The first kappa shape index (κ1) is 14.1. The highest BCUT2D eigenvalue weighted by atomic mass is 16.7. The second-order valence-corrected chi connectivity index (χ2v) is 5.29. The first-order valence-electron chi connectivity index (χ1n) is 7.17. The van der Waals surface area contributed by atoms with Gasteiger partial charge in [-0.05, 0) is 17.6 Å². The topological polar surface area (TPSA) is 52.4 Å². The largest absolute Gasteiger partial charge is 0.492 e. The van der Waals surface area contributed by atoms with Crippen LogP contribution in [0, 0.1) is 11.8 Å². The van der Waals surface area contributed by atoms with Crippen LogP contribution >= 0.6 is 0 Å². The number of aliphatic hydroxyl groups is 1. The zero-order valence-electron chi connectivity index (χ0n) is 12.4. The number of hydrogen-bond acceptors (Lipinski definition) is 4. The summed E-state index contributed by atoms with van der Waals surface area (Å²) in [5, 5.41) is 8.91. The molecule has 2 aliphatic heterocycles. The van der Waals surface area contributed by atoms with E-state index in [1.54, 1.807) is 7.11 Å². The van der Waals surface area contributed by atoms with Gasteiger partial charge < -0.3 is 24.2 Å². The molecule has 2 heterocycles. The van der Waals surface area contributed by atoms with Gasteiger partial charge in [-0.15, -0.1) is 0 Å². The van der Waals surface area contributed by atoms with E-state index >= 15 is 0 Å². The van der Waals surface area contributed by atoms with Crippen molar-refractivity contribution in [3.8, 4) is 29.1 Å². The molecular formula is C16H20NO4+. The van der Waals surface area contributed by atoms with Gasteiger partial charge in [0.25, 0.3) is 0 Å². The van der Waals surface area contributed by atoms with Crippen LogP contribution in [0.5, 0.6) is 17.2 Å². The van der Waals surface area contributed by atoms with Crippen molar-refractivity contribution in [3.05, 3.63) is 17.2 Å². The molecule has 1 aromatic carbocycles. The van der Waals surface area contributed by atoms with Crippen LogP contribution < -0.4 is 19.1 Å². The van der Waals surface area contributed by atoms with E-state index in [1.165, 1.54) is 10.5 Å². The van der Waals surface area contributed by atoms with Crippen molar-refractivity contribution in [2.75, 3.05) is 34.1 Å². The summed E-state index contributed by atoms with van der Waals surface area (Å²) in [6, 6.07) is 2.08. The first-order valence-corrected chi connectivity index (χ1v) is 7.17. The number of aliphatic hydroxyl groups excluding tert-OH is 1. The standard InChI is InChI=1S/C16H19NO4/c1-17-7-6-11-9-13-15(21-10-20-13)16(19-2)14(11)12(17)5-3-4-8-18/h9,12,18H,4,6-8,10H2,1-2H3/p+1/t12-/m0/s1. The van der Waals surface area contributed by atoms with Crippen LogP contribution in [-0.2, 0) is 6.42 Å². The number of quaternary nitrogens is 1. The molecule has 0 aromatic heterocycles. The SMILES string of the molecule is COc1c2c(cc3c1[C@H](C#CCCO)[NH+](C)CC3)OCO2. The Labute approximate surface area is 124 Å². The van der Waals surface area contributed by atoms with Crippen LogP contribution in [0.1, 0.15) is 23.6 Å². The van der Waals surface area contributed by atoms with Crippen LogP contribution in [0.2, 0.25) is 0 Å². The van der Waals surface area contributed by atoms with Crippen LogP contribution in [-0.4, -0.2) is 39.2 Å². The zero-order valence-corrected chi connectivity index (χ0v) is 12.4. The Morgan fingerprint density at radius 1 is 1.48 bits per heavy atom. The number of hydrogen-bond donors (Lipinski definition) is 2. The molecule has 0 radical (unpaired) electrons. The molecule has 0 amide bonds. The van der Waals surface area contributed by atoms with Gasteiger partial charge in [0.05, 0.1) is 32.9 Å². The predicted octanol–water partition coefficient (Wildman–Crippen LogP) is -0.0784. The highest BCUT2D eigenvalue weighted by Gasteiger charge is 2.35. The van der Waals surface area contributed by atoms with Gasteiger partial charge in [-0.25, -0.2) is 0 Å². The number of benzene rings is 1. The average molecular weight is 290 g/mol. The summed E-state index contributed by atoms with van der Waals surface area (Å²) >= 11 is 0. The minimum atomic E-state index is 0.0322. The second kappa shape index (κ2) is 5.84. The van der Waals surface area contributed by atoms with Crippen molar-refractivity contribution in [2.24, 2.45) is 0 Å². The van der Waals surface area contributed by atoms with Crippen molar-refractivity contribution < 1.29 is 24.2 Å². The van der Waals surface area contributed by atoms with E-state index in [-0.39, 0.29) is 19.4 Å². The lowest BCUT2D eigenvalue weighted by Gasteiger charge is -2.30. The highest BCUT2D eigenvalue weighted by molar-refractivity contribution is 5.62. The molecule has 5 heteroatoms. The summed E-state index contributed by atoms with van der Waals surface area (Å²) in [7, 11) is 3.78. The molecule has 0 aliphatic carbocycles. The van der Waals surface area contributed by atoms with Gasteiger partial charge in [0.15, 0.2) is 17.5 Å². The molecule has 2 N–H and O–H groups in total. The molecule has 0 bridgehead atoms. The van der Waals surface area contributed by atoms with E-state index in [0.717, 1.165) is 30.0 Å². The van der Waals surface area contributed by atoms with Crippen LogP contribution in [0.3, 0.4) is 0 Å². The summed E-state index contributed by atoms with van der Waals surface area (Å²) in [4.78, 5) is 1.32. The summed E-state index contributed by atoms with van der Waals surface area (Å²) in [5.41, 5.74) is 2.31. The molecule has 2 aliphatic rings.